The molecule has 0 unspecified atom stereocenters. The van der Waals surface area contributed by atoms with Gasteiger partial charge in [-0.15, -0.1) is 0 Å². The Hall–Kier alpha value is -2.54. The summed E-state index contributed by atoms with van der Waals surface area (Å²) in [5.41, 5.74) is 1.58. The van der Waals surface area contributed by atoms with Crippen molar-refractivity contribution in [3.63, 3.8) is 0 Å². The number of hydrogen-bond acceptors (Lipinski definition) is 5. The molecule has 2 amide bonds. The van der Waals surface area contributed by atoms with E-state index in [1.165, 1.54) is 19.3 Å². The van der Waals surface area contributed by atoms with Crippen molar-refractivity contribution < 1.29 is 14.7 Å². The molecule has 0 saturated carbocycles. The standard InChI is InChI=1S/C21H28N4O3/c1-24-12-9-17-16(13-24)19(26)18(21(28)23-17)20(27)22-14-5-7-15(8-6-14)25-10-3-2-4-11-25/h5-8,16-17,26H,2-4,9-13H2,1H3,(H,22,27)(H,23,28)/t16-,17+/m0/s1. The van der Waals surface area contributed by atoms with E-state index in [0.29, 0.717) is 12.2 Å². The van der Waals surface area contributed by atoms with Crippen molar-refractivity contribution in [1.29, 1.82) is 0 Å². The minimum Gasteiger partial charge on any atom is -0.511 e. The number of rotatable bonds is 3. The van der Waals surface area contributed by atoms with Gasteiger partial charge in [-0.2, -0.15) is 0 Å². The first-order chi connectivity index (χ1) is 13.5. The molecule has 0 radical (unpaired) electrons. The maximum atomic E-state index is 12.7. The van der Waals surface area contributed by atoms with Gasteiger partial charge in [-0.25, -0.2) is 0 Å². The number of carbonyl (C=O) groups excluding carboxylic acids is 2. The van der Waals surface area contributed by atoms with Crippen LogP contribution in [0.25, 0.3) is 0 Å². The highest BCUT2D eigenvalue weighted by atomic mass is 16.3. The Morgan fingerprint density at radius 1 is 1.14 bits per heavy atom. The summed E-state index contributed by atoms with van der Waals surface area (Å²) in [6.45, 7) is 3.60. The molecule has 1 aromatic rings. The van der Waals surface area contributed by atoms with Gasteiger partial charge in [-0.05, 0) is 63.5 Å². The van der Waals surface area contributed by atoms with Gasteiger partial charge in [0.2, 0.25) is 0 Å². The summed E-state index contributed by atoms with van der Waals surface area (Å²) in [6, 6.07) is 7.56. The van der Waals surface area contributed by atoms with E-state index in [0.717, 1.165) is 31.7 Å². The third-order valence-corrected chi connectivity index (χ3v) is 6.04. The first-order valence-corrected chi connectivity index (χ1v) is 10.1. The van der Waals surface area contributed by atoms with Gasteiger partial charge in [0.25, 0.3) is 11.8 Å². The number of carbonyl (C=O) groups is 2. The maximum absolute atomic E-state index is 12.7. The topological polar surface area (TPSA) is 84.9 Å². The molecule has 2 fully saturated rings. The van der Waals surface area contributed by atoms with Gasteiger partial charge in [0, 0.05) is 37.1 Å². The first kappa shape index (κ1) is 18.8. The molecule has 2 saturated heterocycles. The third kappa shape index (κ3) is 3.71. The van der Waals surface area contributed by atoms with E-state index in [2.05, 4.69) is 20.4 Å². The Morgan fingerprint density at radius 2 is 1.86 bits per heavy atom. The summed E-state index contributed by atoms with van der Waals surface area (Å²) in [5, 5.41) is 16.3. The van der Waals surface area contributed by atoms with E-state index in [1.54, 1.807) is 0 Å². The second-order valence-electron chi connectivity index (χ2n) is 8.05. The van der Waals surface area contributed by atoms with Gasteiger partial charge < -0.3 is 25.5 Å². The average molecular weight is 384 g/mol. The number of nitrogens with one attached hydrogen (secondary N) is 2. The number of amides is 2. The van der Waals surface area contributed by atoms with Crippen LogP contribution in [0.4, 0.5) is 11.4 Å². The number of nitrogens with zero attached hydrogens (tertiary/aromatic N) is 2. The van der Waals surface area contributed by atoms with Crippen LogP contribution in [-0.2, 0) is 9.59 Å². The quantitative estimate of drug-likeness (QED) is 0.693. The lowest BCUT2D eigenvalue weighted by Gasteiger charge is -2.39. The number of aliphatic hydroxyl groups excluding tert-OH is 1. The fourth-order valence-electron chi connectivity index (χ4n) is 4.43. The fraction of sp³-hybridized carbons (Fsp3) is 0.524. The summed E-state index contributed by atoms with van der Waals surface area (Å²) < 4.78 is 0. The molecular formula is C21H28N4O3. The van der Waals surface area contributed by atoms with Crippen molar-refractivity contribution >= 4 is 23.2 Å². The molecule has 0 bridgehead atoms. The molecule has 0 aromatic heterocycles. The molecule has 4 rings (SSSR count). The zero-order chi connectivity index (χ0) is 19.7. The van der Waals surface area contributed by atoms with Crippen molar-refractivity contribution in [3.05, 3.63) is 35.6 Å². The lowest BCUT2D eigenvalue weighted by molar-refractivity contribution is -0.124. The largest absolute Gasteiger partial charge is 0.511 e. The number of hydrogen-bond donors (Lipinski definition) is 3. The minimum absolute atomic E-state index is 0.0947. The van der Waals surface area contributed by atoms with Gasteiger partial charge in [0.05, 0.1) is 5.92 Å². The summed E-state index contributed by atoms with van der Waals surface area (Å²) >= 11 is 0. The second kappa shape index (κ2) is 7.83. The molecule has 3 heterocycles. The number of fused-ring (bicyclic) bond motifs is 1. The van der Waals surface area contributed by atoms with Gasteiger partial charge >= 0.3 is 0 Å². The molecule has 0 aliphatic carbocycles. The predicted octanol–water partition coefficient (Wildman–Crippen LogP) is 1.88. The normalized spacial score (nSPS) is 25.9. The highest BCUT2D eigenvalue weighted by Crippen LogP contribution is 2.29. The number of piperidine rings is 2. The van der Waals surface area contributed by atoms with Crippen LogP contribution in [0.2, 0.25) is 0 Å². The van der Waals surface area contributed by atoms with Crippen LogP contribution >= 0.6 is 0 Å². The van der Waals surface area contributed by atoms with Crippen molar-refractivity contribution in [2.24, 2.45) is 5.92 Å². The van der Waals surface area contributed by atoms with E-state index in [1.807, 2.05) is 31.3 Å². The minimum atomic E-state index is -0.563. The van der Waals surface area contributed by atoms with Crippen LogP contribution in [0.5, 0.6) is 0 Å². The molecule has 0 spiro atoms. The summed E-state index contributed by atoms with van der Waals surface area (Å²) in [4.78, 5) is 29.6. The van der Waals surface area contributed by atoms with Crippen LogP contribution in [0.1, 0.15) is 25.7 Å². The molecule has 28 heavy (non-hydrogen) atoms. The highest BCUT2D eigenvalue weighted by molar-refractivity contribution is 6.23. The number of likely N-dealkylation sites (tertiary alicyclic amines) is 1. The summed E-state index contributed by atoms with van der Waals surface area (Å²) in [7, 11) is 1.98. The molecule has 3 aliphatic rings. The van der Waals surface area contributed by atoms with Gasteiger partial charge in [-0.1, -0.05) is 0 Å². The molecule has 3 aliphatic heterocycles. The number of benzene rings is 1. The Kier molecular flexibility index (Phi) is 5.26. The summed E-state index contributed by atoms with van der Waals surface area (Å²) in [6.07, 6.45) is 4.46. The second-order valence-corrected chi connectivity index (χ2v) is 8.05. The van der Waals surface area contributed by atoms with Crippen molar-refractivity contribution in [1.82, 2.24) is 10.2 Å². The molecule has 7 nitrogen and oxygen atoms in total. The van der Waals surface area contributed by atoms with Crippen LogP contribution < -0.4 is 15.5 Å². The first-order valence-electron chi connectivity index (χ1n) is 10.1. The van der Waals surface area contributed by atoms with Gasteiger partial charge in [0.1, 0.15) is 11.3 Å². The van der Waals surface area contributed by atoms with Crippen LogP contribution in [0.15, 0.2) is 35.6 Å². The highest BCUT2D eigenvalue weighted by Gasteiger charge is 2.41. The number of anilines is 2. The molecular weight excluding hydrogens is 356 g/mol. The monoisotopic (exact) mass is 384 g/mol. The van der Waals surface area contributed by atoms with Crippen LogP contribution in [0, 0.1) is 5.92 Å². The van der Waals surface area contributed by atoms with E-state index in [-0.39, 0.29) is 23.3 Å². The Balaban J connectivity index is 1.48. The van der Waals surface area contributed by atoms with Crippen molar-refractivity contribution in [2.75, 3.05) is 43.4 Å². The Bertz CT molecular complexity index is 783. The number of aliphatic hydroxyl groups is 1. The summed E-state index contributed by atoms with van der Waals surface area (Å²) in [5.74, 6) is -1.39. The average Bonchev–Trinajstić information content (AvgIpc) is 2.70. The molecule has 150 valence electrons. The zero-order valence-corrected chi connectivity index (χ0v) is 16.3. The van der Waals surface area contributed by atoms with Crippen molar-refractivity contribution in [3.8, 4) is 0 Å². The lowest BCUT2D eigenvalue weighted by atomic mass is 9.85. The smallest absolute Gasteiger partial charge is 0.264 e. The van der Waals surface area contributed by atoms with Crippen LogP contribution in [-0.4, -0.2) is 61.1 Å². The Morgan fingerprint density at radius 3 is 2.57 bits per heavy atom. The Labute approximate surface area is 165 Å². The lowest BCUT2D eigenvalue weighted by Crippen LogP contribution is -2.55. The molecule has 1 aromatic carbocycles. The van der Waals surface area contributed by atoms with Gasteiger partial charge in [0.15, 0.2) is 0 Å². The van der Waals surface area contributed by atoms with E-state index in [4.69, 9.17) is 0 Å². The van der Waals surface area contributed by atoms with E-state index < -0.39 is 11.8 Å². The SMILES string of the molecule is CN1CC[C@H]2NC(=O)C(C(=O)Nc3ccc(N4CCCCC4)cc3)=C(O)[C@H]2C1. The van der Waals surface area contributed by atoms with E-state index in [9.17, 15) is 14.7 Å². The van der Waals surface area contributed by atoms with Crippen LogP contribution in [0.3, 0.4) is 0 Å². The molecule has 7 heteroatoms. The zero-order valence-electron chi connectivity index (χ0n) is 16.3. The fourth-order valence-corrected chi connectivity index (χ4v) is 4.43. The maximum Gasteiger partial charge on any atom is 0.264 e. The predicted molar refractivity (Wildman–Crippen MR) is 108 cm³/mol. The third-order valence-electron chi connectivity index (χ3n) is 6.04. The molecule has 3 N–H and O–H groups in total. The molecule has 2 atom stereocenters. The van der Waals surface area contributed by atoms with Gasteiger partial charge in [-0.3, -0.25) is 9.59 Å². The van der Waals surface area contributed by atoms with Crippen molar-refractivity contribution in [2.45, 2.75) is 31.7 Å². The van der Waals surface area contributed by atoms with E-state index >= 15 is 0 Å².